The first kappa shape index (κ1) is 15.3. The second kappa shape index (κ2) is 7.08. The van der Waals surface area contributed by atoms with Crippen molar-refractivity contribution in [2.24, 2.45) is 0 Å². The molecule has 5 nitrogen and oxygen atoms in total. The summed E-state index contributed by atoms with van der Waals surface area (Å²) in [5.74, 6) is 0. The fourth-order valence-corrected chi connectivity index (χ4v) is 2.53. The number of hydrogen-bond donors (Lipinski definition) is 1. The minimum Gasteiger partial charge on any atom is -0.444 e. The Morgan fingerprint density at radius 1 is 1.30 bits per heavy atom. The Bertz CT molecular complexity index is 436. The number of carbonyl (C=O) groups excluding carboxylic acids is 1. The van der Waals surface area contributed by atoms with Crippen LogP contribution in [0.15, 0.2) is 24.3 Å². The van der Waals surface area contributed by atoms with E-state index in [2.05, 4.69) is 4.90 Å². The minimum atomic E-state index is -0.446. The van der Waals surface area contributed by atoms with E-state index in [4.69, 9.17) is 16.3 Å². The van der Waals surface area contributed by atoms with Gasteiger partial charge in [-0.2, -0.15) is 0 Å². The number of hydrogen-bond acceptors (Lipinski definition) is 5. The highest BCUT2D eigenvalue weighted by Gasteiger charge is 2.28. The largest absolute Gasteiger partial charge is 0.444 e. The second-order valence-corrected chi connectivity index (χ2v) is 5.28. The number of benzene rings is 1. The van der Waals surface area contributed by atoms with Gasteiger partial charge in [0.2, 0.25) is 0 Å². The van der Waals surface area contributed by atoms with Crippen molar-refractivity contribution in [2.75, 3.05) is 26.2 Å². The zero-order chi connectivity index (χ0) is 14.5. The molecule has 0 bridgehead atoms. The van der Waals surface area contributed by atoms with E-state index < -0.39 is 13.3 Å². The third-order valence-corrected chi connectivity index (χ3v) is 3.80. The highest BCUT2D eigenvalue weighted by atomic mass is 35.5. The highest BCUT2D eigenvalue weighted by molar-refractivity contribution is 6.45. The van der Waals surface area contributed by atoms with E-state index in [1.165, 1.54) is 0 Å². The molecule has 0 aliphatic carbocycles. The van der Waals surface area contributed by atoms with E-state index in [1.54, 1.807) is 19.0 Å². The van der Waals surface area contributed by atoms with Crippen molar-refractivity contribution in [3.8, 4) is 0 Å². The Balaban J connectivity index is 2.06. The van der Waals surface area contributed by atoms with Crippen LogP contribution in [0.5, 0.6) is 0 Å². The van der Waals surface area contributed by atoms with Crippen LogP contribution in [0.1, 0.15) is 11.8 Å². The van der Waals surface area contributed by atoms with Crippen molar-refractivity contribution >= 4 is 25.1 Å². The lowest BCUT2D eigenvalue weighted by Crippen LogP contribution is -2.52. The summed E-state index contributed by atoms with van der Waals surface area (Å²) in [6.45, 7) is 5.17. The number of ether oxygens (including phenoxy) is 1. The normalized spacial score (nSPS) is 18.6. The molecule has 0 radical (unpaired) electrons. The van der Waals surface area contributed by atoms with E-state index >= 15 is 0 Å². The lowest BCUT2D eigenvalue weighted by Gasteiger charge is -2.38. The third kappa shape index (κ3) is 3.73. The van der Waals surface area contributed by atoms with Crippen molar-refractivity contribution in [3.05, 3.63) is 34.9 Å². The highest BCUT2D eigenvalue weighted by Crippen LogP contribution is 2.24. The van der Waals surface area contributed by atoms with E-state index in [0.29, 0.717) is 11.5 Å². The number of carbonyl (C=O) groups is 1. The molecule has 1 aliphatic heterocycles. The van der Waals surface area contributed by atoms with Crippen LogP contribution < -0.4 is 0 Å². The van der Waals surface area contributed by atoms with Gasteiger partial charge in [-0.15, -0.1) is 0 Å². The molecule has 1 N–H and O–H groups in total. The monoisotopic (exact) mass is 296 g/mol. The molecule has 20 heavy (non-hydrogen) atoms. The minimum absolute atomic E-state index is 0.402. The van der Waals surface area contributed by atoms with Crippen LogP contribution in [-0.4, -0.2) is 54.4 Å². The molecule has 108 valence electrons. The molecule has 1 heterocycles. The first-order valence-electron chi connectivity index (χ1n) is 6.62. The lowest BCUT2D eigenvalue weighted by molar-refractivity contribution is -0.145. The summed E-state index contributed by atoms with van der Waals surface area (Å²) in [6, 6.07) is 7.28. The van der Waals surface area contributed by atoms with Gasteiger partial charge >= 0.3 is 7.05 Å². The summed E-state index contributed by atoms with van der Waals surface area (Å²) in [5, 5.41) is 10.2. The predicted molar refractivity (Wildman–Crippen MR) is 78.3 cm³/mol. The summed E-state index contributed by atoms with van der Waals surface area (Å²) >= 11 is 5.87. The van der Waals surface area contributed by atoms with Crippen molar-refractivity contribution < 1.29 is 14.6 Å². The van der Waals surface area contributed by atoms with Crippen molar-refractivity contribution in [1.82, 2.24) is 9.71 Å². The Labute approximate surface area is 124 Å². The van der Waals surface area contributed by atoms with Crippen molar-refractivity contribution in [3.63, 3.8) is 0 Å². The molecule has 1 saturated heterocycles. The average molecular weight is 297 g/mol. The summed E-state index contributed by atoms with van der Waals surface area (Å²) in [4.78, 5) is 14.8. The van der Waals surface area contributed by atoms with Crippen molar-refractivity contribution in [1.29, 1.82) is 0 Å². The third-order valence-electron chi connectivity index (χ3n) is 3.55. The van der Waals surface area contributed by atoms with Gasteiger partial charge in [0.1, 0.15) is 0 Å². The molecule has 7 heteroatoms. The molecule has 0 aromatic heterocycles. The maximum atomic E-state index is 10.7. The Morgan fingerprint density at radius 3 is 2.40 bits per heavy atom. The van der Waals surface area contributed by atoms with Gasteiger partial charge in [-0.3, -0.25) is 9.69 Å². The van der Waals surface area contributed by atoms with E-state index in [1.807, 2.05) is 16.9 Å². The maximum Gasteiger partial charge on any atom is 0.376 e. The van der Waals surface area contributed by atoms with E-state index in [9.17, 15) is 9.82 Å². The van der Waals surface area contributed by atoms with Gasteiger partial charge in [-0.25, -0.2) is 0 Å². The fourth-order valence-electron chi connectivity index (χ4n) is 2.40. The van der Waals surface area contributed by atoms with Crippen LogP contribution in [0.3, 0.4) is 0 Å². The lowest BCUT2D eigenvalue weighted by atomic mass is 9.84. The molecule has 1 fully saturated rings. The molecule has 0 saturated carbocycles. The Kier molecular flexibility index (Phi) is 5.42. The predicted octanol–water partition coefficient (Wildman–Crippen LogP) is 1.24. The molecule has 1 aromatic carbocycles. The molecule has 0 amide bonds. The zero-order valence-corrected chi connectivity index (χ0v) is 12.2. The molecule has 1 unspecified atom stereocenters. The molecule has 0 spiro atoms. The van der Waals surface area contributed by atoms with Crippen LogP contribution in [0.25, 0.3) is 0 Å². The first-order chi connectivity index (χ1) is 9.61. The average Bonchev–Trinajstić information content (AvgIpc) is 2.46. The van der Waals surface area contributed by atoms with Gasteiger partial charge in [0, 0.05) is 36.8 Å². The van der Waals surface area contributed by atoms with Gasteiger partial charge in [-0.1, -0.05) is 23.7 Å². The molecule has 1 atom stereocenters. The van der Waals surface area contributed by atoms with Gasteiger partial charge in [0.05, 0.1) is 0 Å². The Hall–Kier alpha value is -1.08. The van der Waals surface area contributed by atoms with Crippen LogP contribution in [0.4, 0.5) is 0 Å². The van der Waals surface area contributed by atoms with E-state index in [0.717, 1.165) is 31.7 Å². The first-order valence-corrected chi connectivity index (χ1v) is 7.00. The summed E-state index contributed by atoms with van der Waals surface area (Å²) < 4.78 is 5.22. The summed E-state index contributed by atoms with van der Waals surface area (Å²) in [6.07, 6.45) is -0.402. The second-order valence-electron chi connectivity index (χ2n) is 4.84. The standard InChI is InChI=1S/C13H18BClN2O3/c1-14(19)17-8-6-16(7-9-17)13(20-10-18)11-2-4-12(15)5-3-11/h2-5,10,13,19H,6-9H2,1H3. The summed E-state index contributed by atoms with van der Waals surface area (Å²) in [7, 11) is -0.446. The number of nitrogens with zero attached hydrogens (tertiary/aromatic N) is 2. The molecular weight excluding hydrogens is 278 g/mol. The van der Waals surface area contributed by atoms with Crippen molar-refractivity contribution in [2.45, 2.75) is 13.1 Å². The zero-order valence-electron chi connectivity index (χ0n) is 11.4. The summed E-state index contributed by atoms with van der Waals surface area (Å²) in [5.41, 5.74) is 0.895. The number of piperazine rings is 1. The quantitative estimate of drug-likeness (QED) is 0.654. The molecule has 2 rings (SSSR count). The van der Waals surface area contributed by atoms with Gasteiger partial charge < -0.3 is 14.6 Å². The van der Waals surface area contributed by atoms with E-state index in [-0.39, 0.29) is 0 Å². The van der Waals surface area contributed by atoms with Gasteiger partial charge in [0.25, 0.3) is 6.47 Å². The number of rotatable bonds is 5. The molecular formula is C13H18BClN2O3. The maximum absolute atomic E-state index is 10.7. The van der Waals surface area contributed by atoms with Crippen LogP contribution >= 0.6 is 11.6 Å². The Morgan fingerprint density at radius 2 is 1.90 bits per heavy atom. The molecule has 1 aliphatic rings. The topological polar surface area (TPSA) is 53.0 Å². The SMILES string of the molecule is CB(O)N1CCN(C(OC=O)c2ccc(Cl)cc2)CC1. The number of halogens is 1. The van der Waals surface area contributed by atoms with Crippen LogP contribution in [0.2, 0.25) is 11.8 Å². The smallest absolute Gasteiger partial charge is 0.376 e. The fraction of sp³-hybridized carbons (Fsp3) is 0.462. The van der Waals surface area contributed by atoms with Crippen LogP contribution in [-0.2, 0) is 9.53 Å². The van der Waals surface area contributed by atoms with Gasteiger partial charge in [0.15, 0.2) is 6.23 Å². The molecule has 1 aromatic rings. The van der Waals surface area contributed by atoms with Gasteiger partial charge in [-0.05, 0) is 19.0 Å². The van der Waals surface area contributed by atoms with Crippen LogP contribution in [0, 0.1) is 0 Å².